The zero-order valence-corrected chi connectivity index (χ0v) is 18.3. The van der Waals surface area contributed by atoms with Gasteiger partial charge in [-0.2, -0.15) is 0 Å². The first-order chi connectivity index (χ1) is 12.9. The molecule has 2 aliphatic rings. The molecule has 1 aliphatic heterocycles. The SMILES string of the molecule is CCNC(=NCCCCOC1CCCCCC1)N1CCS(=O)(=O)C(C)(C)C1. The van der Waals surface area contributed by atoms with Gasteiger partial charge in [-0.05, 0) is 46.5 Å². The molecule has 1 N–H and O–H groups in total. The fourth-order valence-corrected chi connectivity index (χ4v) is 5.17. The summed E-state index contributed by atoms with van der Waals surface area (Å²) in [6.45, 7) is 9.03. The summed E-state index contributed by atoms with van der Waals surface area (Å²) in [5.41, 5.74) is 0. The molecule has 158 valence electrons. The lowest BCUT2D eigenvalue weighted by Gasteiger charge is -2.39. The predicted octanol–water partition coefficient (Wildman–Crippen LogP) is 2.98. The Kier molecular flexibility index (Phi) is 8.86. The third kappa shape index (κ3) is 6.93. The first-order valence-electron chi connectivity index (χ1n) is 10.7. The van der Waals surface area contributed by atoms with Crippen molar-refractivity contribution < 1.29 is 13.2 Å². The van der Waals surface area contributed by atoms with Crippen molar-refractivity contribution in [1.29, 1.82) is 0 Å². The summed E-state index contributed by atoms with van der Waals surface area (Å²) in [4.78, 5) is 6.82. The highest BCUT2D eigenvalue weighted by Crippen LogP contribution is 2.24. The molecular weight excluding hydrogens is 362 g/mol. The minimum Gasteiger partial charge on any atom is -0.378 e. The highest BCUT2D eigenvalue weighted by Gasteiger charge is 2.40. The number of hydrogen-bond acceptors (Lipinski definition) is 4. The van der Waals surface area contributed by atoms with E-state index in [1.165, 1.54) is 38.5 Å². The van der Waals surface area contributed by atoms with E-state index in [4.69, 9.17) is 9.73 Å². The van der Waals surface area contributed by atoms with Gasteiger partial charge >= 0.3 is 0 Å². The predicted molar refractivity (Wildman–Crippen MR) is 112 cm³/mol. The lowest BCUT2D eigenvalue weighted by atomic mass is 10.1. The molecule has 7 heteroatoms. The van der Waals surface area contributed by atoms with Gasteiger partial charge in [-0.1, -0.05) is 25.7 Å². The van der Waals surface area contributed by atoms with Crippen LogP contribution in [0.1, 0.15) is 72.1 Å². The Bertz CT molecular complexity index is 567. The minimum atomic E-state index is -3.03. The van der Waals surface area contributed by atoms with Gasteiger partial charge in [0.15, 0.2) is 15.8 Å². The number of nitrogens with zero attached hydrogens (tertiary/aromatic N) is 2. The second kappa shape index (κ2) is 10.6. The van der Waals surface area contributed by atoms with Gasteiger partial charge in [0.1, 0.15) is 0 Å². The molecule has 1 saturated carbocycles. The molecule has 2 fully saturated rings. The van der Waals surface area contributed by atoms with E-state index in [9.17, 15) is 8.42 Å². The smallest absolute Gasteiger partial charge is 0.193 e. The van der Waals surface area contributed by atoms with Crippen LogP contribution in [-0.4, -0.2) is 68.7 Å². The molecule has 0 unspecified atom stereocenters. The van der Waals surface area contributed by atoms with Crippen LogP contribution in [0.2, 0.25) is 0 Å². The van der Waals surface area contributed by atoms with Gasteiger partial charge in [0.05, 0.1) is 16.6 Å². The molecule has 2 rings (SSSR count). The quantitative estimate of drug-likeness (QED) is 0.307. The van der Waals surface area contributed by atoms with Gasteiger partial charge in [0, 0.05) is 32.8 Å². The fraction of sp³-hybridized carbons (Fsp3) is 0.950. The van der Waals surface area contributed by atoms with E-state index < -0.39 is 14.6 Å². The maximum absolute atomic E-state index is 12.2. The second-order valence-electron chi connectivity index (χ2n) is 8.43. The van der Waals surface area contributed by atoms with E-state index in [-0.39, 0.29) is 5.75 Å². The van der Waals surface area contributed by atoms with E-state index in [1.54, 1.807) is 0 Å². The molecule has 0 atom stereocenters. The second-order valence-corrected chi connectivity index (χ2v) is 11.2. The van der Waals surface area contributed by atoms with Crippen molar-refractivity contribution in [2.45, 2.75) is 83.0 Å². The monoisotopic (exact) mass is 401 g/mol. The zero-order valence-electron chi connectivity index (χ0n) is 17.5. The average Bonchev–Trinajstić information content (AvgIpc) is 2.88. The van der Waals surface area contributed by atoms with Crippen LogP contribution in [0.3, 0.4) is 0 Å². The largest absolute Gasteiger partial charge is 0.378 e. The van der Waals surface area contributed by atoms with E-state index in [1.807, 2.05) is 20.8 Å². The molecule has 0 amide bonds. The third-order valence-electron chi connectivity index (χ3n) is 5.65. The normalized spacial score (nSPS) is 23.8. The van der Waals surface area contributed by atoms with Crippen LogP contribution < -0.4 is 5.32 Å². The topological polar surface area (TPSA) is 71.0 Å². The van der Waals surface area contributed by atoms with E-state index in [2.05, 4.69) is 10.2 Å². The molecule has 27 heavy (non-hydrogen) atoms. The highest BCUT2D eigenvalue weighted by atomic mass is 32.2. The molecule has 0 aromatic rings. The Hall–Kier alpha value is -0.820. The number of rotatable bonds is 7. The van der Waals surface area contributed by atoms with Gasteiger partial charge in [-0.15, -0.1) is 0 Å². The number of sulfone groups is 1. The van der Waals surface area contributed by atoms with Crippen LogP contribution in [0.5, 0.6) is 0 Å². The summed E-state index contributed by atoms with van der Waals surface area (Å²) < 4.78 is 29.7. The number of ether oxygens (including phenoxy) is 1. The van der Waals surface area contributed by atoms with Crippen LogP contribution in [0.4, 0.5) is 0 Å². The Morgan fingerprint density at radius 3 is 2.52 bits per heavy atom. The summed E-state index contributed by atoms with van der Waals surface area (Å²) >= 11 is 0. The molecule has 0 radical (unpaired) electrons. The molecule has 0 spiro atoms. The van der Waals surface area contributed by atoms with E-state index in [0.29, 0.717) is 19.2 Å². The Labute approximate surface area is 166 Å². The number of guanidine groups is 1. The molecular formula is C20H39N3O3S. The van der Waals surface area contributed by atoms with E-state index in [0.717, 1.165) is 38.5 Å². The first kappa shape index (κ1) is 22.5. The summed E-state index contributed by atoms with van der Waals surface area (Å²) in [6, 6.07) is 0. The molecule has 1 saturated heterocycles. The molecule has 0 aromatic carbocycles. The summed E-state index contributed by atoms with van der Waals surface area (Å²) in [6.07, 6.45) is 10.3. The minimum absolute atomic E-state index is 0.194. The lowest BCUT2D eigenvalue weighted by Crippen LogP contribution is -2.57. The van der Waals surface area contributed by atoms with Crippen molar-refractivity contribution in [3.63, 3.8) is 0 Å². The van der Waals surface area contributed by atoms with Crippen LogP contribution in [-0.2, 0) is 14.6 Å². The first-order valence-corrected chi connectivity index (χ1v) is 12.4. The van der Waals surface area contributed by atoms with Crippen LogP contribution in [0.15, 0.2) is 4.99 Å². The zero-order chi connectivity index (χ0) is 19.8. The maximum atomic E-state index is 12.2. The molecule has 0 aromatic heterocycles. The van der Waals surface area contributed by atoms with Crippen molar-refractivity contribution in [3.8, 4) is 0 Å². The molecule has 1 heterocycles. The van der Waals surface area contributed by atoms with E-state index >= 15 is 0 Å². The fourth-order valence-electron chi connectivity index (χ4n) is 3.81. The summed E-state index contributed by atoms with van der Waals surface area (Å²) in [5, 5.41) is 3.32. The molecule has 1 aliphatic carbocycles. The highest BCUT2D eigenvalue weighted by molar-refractivity contribution is 7.92. The number of hydrogen-bond donors (Lipinski definition) is 1. The van der Waals surface area contributed by atoms with Crippen molar-refractivity contribution in [2.24, 2.45) is 4.99 Å². The Morgan fingerprint density at radius 2 is 1.89 bits per heavy atom. The Balaban J connectivity index is 1.75. The molecule has 0 bridgehead atoms. The van der Waals surface area contributed by atoms with Crippen molar-refractivity contribution in [2.75, 3.05) is 38.5 Å². The average molecular weight is 402 g/mol. The van der Waals surface area contributed by atoms with Gasteiger partial charge in [-0.25, -0.2) is 8.42 Å². The van der Waals surface area contributed by atoms with Gasteiger partial charge in [0.2, 0.25) is 0 Å². The summed E-state index contributed by atoms with van der Waals surface area (Å²) in [5.74, 6) is 1.03. The van der Waals surface area contributed by atoms with Crippen molar-refractivity contribution >= 4 is 15.8 Å². The Morgan fingerprint density at radius 1 is 1.19 bits per heavy atom. The van der Waals surface area contributed by atoms with Crippen LogP contribution in [0, 0.1) is 0 Å². The van der Waals surface area contributed by atoms with Crippen LogP contribution >= 0.6 is 0 Å². The number of nitrogens with one attached hydrogen (secondary N) is 1. The van der Waals surface area contributed by atoms with Crippen LogP contribution in [0.25, 0.3) is 0 Å². The number of unbranched alkanes of at least 4 members (excludes halogenated alkanes) is 1. The third-order valence-corrected chi connectivity index (χ3v) is 8.18. The van der Waals surface area contributed by atoms with Crippen molar-refractivity contribution in [3.05, 3.63) is 0 Å². The standard InChI is InChI=1S/C20H39N3O3S/c1-4-21-19(23-14-16-27(24,25)20(2,3)17-23)22-13-9-10-15-26-18-11-7-5-6-8-12-18/h18H,4-17H2,1-3H3,(H,21,22). The van der Waals surface area contributed by atoms with Crippen molar-refractivity contribution in [1.82, 2.24) is 10.2 Å². The van der Waals surface area contributed by atoms with Gasteiger partial charge in [-0.3, -0.25) is 4.99 Å². The van der Waals surface area contributed by atoms with Gasteiger partial charge in [0.25, 0.3) is 0 Å². The van der Waals surface area contributed by atoms with Gasteiger partial charge < -0.3 is 15.0 Å². The lowest BCUT2D eigenvalue weighted by molar-refractivity contribution is 0.0412. The number of aliphatic imine (C=N–C) groups is 1. The summed E-state index contributed by atoms with van der Waals surface area (Å²) in [7, 11) is -3.03. The molecule has 6 nitrogen and oxygen atoms in total. The maximum Gasteiger partial charge on any atom is 0.193 e.